The van der Waals surface area contributed by atoms with Gasteiger partial charge in [0.25, 0.3) is 0 Å². The van der Waals surface area contributed by atoms with E-state index in [1.165, 1.54) is 0 Å². The van der Waals surface area contributed by atoms with Gasteiger partial charge in [0.15, 0.2) is 0 Å². The van der Waals surface area contributed by atoms with E-state index in [0.29, 0.717) is 5.02 Å². The van der Waals surface area contributed by atoms with E-state index in [1.54, 1.807) is 0 Å². The van der Waals surface area contributed by atoms with Crippen LogP contribution in [0.3, 0.4) is 0 Å². The average Bonchev–Trinajstić information content (AvgIpc) is 2.79. The number of carbonyl (C=O) groups is 1. The summed E-state index contributed by atoms with van der Waals surface area (Å²) >= 11 is 5.77. The van der Waals surface area contributed by atoms with Crippen LogP contribution in [-0.2, 0) is 4.79 Å². The lowest BCUT2D eigenvalue weighted by atomic mass is 10.1. The van der Waals surface area contributed by atoms with Crippen molar-refractivity contribution in [1.82, 2.24) is 4.90 Å². The largest absolute Gasteiger partial charge is 0.368 e. The molecule has 0 aromatic heterocycles. The second-order valence-corrected chi connectivity index (χ2v) is 3.95. The van der Waals surface area contributed by atoms with Gasteiger partial charge in [0.05, 0.1) is 6.04 Å². The molecule has 0 radical (unpaired) electrons. The van der Waals surface area contributed by atoms with Gasteiger partial charge in [-0.05, 0) is 24.7 Å². The summed E-state index contributed by atoms with van der Waals surface area (Å²) in [5.41, 5.74) is 6.32. The Morgan fingerprint density at radius 2 is 2.00 bits per heavy atom. The van der Waals surface area contributed by atoms with Crippen molar-refractivity contribution in [2.75, 3.05) is 7.05 Å². The molecule has 1 aromatic rings. The van der Waals surface area contributed by atoms with Crippen molar-refractivity contribution >= 4 is 17.5 Å². The Kier molecular flexibility index (Phi) is 2.21. The number of benzene rings is 1. The molecule has 0 spiro atoms. The van der Waals surface area contributed by atoms with E-state index in [4.69, 9.17) is 17.3 Å². The minimum absolute atomic E-state index is 0.129. The zero-order chi connectivity index (χ0) is 10.3. The minimum atomic E-state index is -0.271. The number of primary amides is 1. The van der Waals surface area contributed by atoms with Crippen LogP contribution < -0.4 is 5.73 Å². The Morgan fingerprint density at radius 3 is 2.43 bits per heavy atom. The van der Waals surface area contributed by atoms with E-state index in [-0.39, 0.29) is 18.0 Å². The molecule has 1 aliphatic heterocycles. The van der Waals surface area contributed by atoms with Crippen LogP contribution in [0.4, 0.5) is 0 Å². The molecule has 4 heteroatoms. The molecule has 2 N–H and O–H groups in total. The van der Waals surface area contributed by atoms with Gasteiger partial charge in [0, 0.05) is 5.02 Å². The van der Waals surface area contributed by atoms with Gasteiger partial charge >= 0.3 is 0 Å². The summed E-state index contributed by atoms with van der Waals surface area (Å²) in [6, 6.07) is 7.46. The lowest BCUT2D eigenvalue weighted by molar-refractivity contribution is -0.118. The Morgan fingerprint density at radius 1 is 1.43 bits per heavy atom. The number of likely N-dealkylation sites (N-methyl/N-ethyl adjacent to an activating group) is 1. The highest BCUT2D eigenvalue weighted by atomic mass is 35.5. The molecule has 1 fully saturated rings. The fraction of sp³-hybridized carbons (Fsp3) is 0.300. The van der Waals surface area contributed by atoms with E-state index >= 15 is 0 Å². The van der Waals surface area contributed by atoms with Gasteiger partial charge in [-0.15, -0.1) is 0 Å². The van der Waals surface area contributed by atoms with Gasteiger partial charge in [-0.3, -0.25) is 9.69 Å². The van der Waals surface area contributed by atoms with Crippen LogP contribution in [0.5, 0.6) is 0 Å². The molecule has 14 heavy (non-hydrogen) atoms. The summed E-state index contributed by atoms with van der Waals surface area (Å²) in [6.45, 7) is 0. The van der Waals surface area contributed by atoms with Gasteiger partial charge in [0.1, 0.15) is 6.04 Å². The van der Waals surface area contributed by atoms with Crippen LogP contribution in [0.25, 0.3) is 0 Å². The zero-order valence-corrected chi connectivity index (χ0v) is 8.53. The van der Waals surface area contributed by atoms with Gasteiger partial charge in [-0.1, -0.05) is 23.7 Å². The summed E-state index contributed by atoms with van der Waals surface area (Å²) in [7, 11) is 1.88. The molecule has 1 aliphatic rings. The van der Waals surface area contributed by atoms with Crippen molar-refractivity contribution in [2.24, 2.45) is 5.73 Å². The number of nitrogens with two attached hydrogens (primary N) is 1. The van der Waals surface area contributed by atoms with E-state index in [1.807, 2.05) is 36.2 Å². The molecule has 2 rings (SSSR count). The van der Waals surface area contributed by atoms with Crippen molar-refractivity contribution < 1.29 is 4.79 Å². The first kappa shape index (κ1) is 9.49. The Labute approximate surface area is 87.4 Å². The lowest BCUT2D eigenvalue weighted by Gasteiger charge is -1.97. The van der Waals surface area contributed by atoms with Gasteiger partial charge in [-0.2, -0.15) is 0 Å². The fourth-order valence-electron chi connectivity index (χ4n) is 1.77. The average molecular weight is 211 g/mol. The van der Waals surface area contributed by atoms with Crippen LogP contribution in [-0.4, -0.2) is 23.9 Å². The highest BCUT2D eigenvalue weighted by molar-refractivity contribution is 6.30. The number of halogens is 1. The summed E-state index contributed by atoms with van der Waals surface area (Å²) in [5, 5.41) is 0.702. The Balaban J connectivity index is 2.19. The maximum Gasteiger partial charge on any atom is 0.236 e. The quantitative estimate of drug-likeness (QED) is 0.746. The minimum Gasteiger partial charge on any atom is -0.368 e. The van der Waals surface area contributed by atoms with Crippen LogP contribution in [0.1, 0.15) is 11.6 Å². The molecule has 1 unspecified atom stereocenters. The molecular formula is C10H11ClN2O. The first-order chi connectivity index (χ1) is 6.61. The van der Waals surface area contributed by atoms with E-state index in [2.05, 4.69) is 0 Å². The summed E-state index contributed by atoms with van der Waals surface area (Å²) in [4.78, 5) is 12.9. The second-order valence-electron chi connectivity index (χ2n) is 3.51. The van der Waals surface area contributed by atoms with Crippen molar-refractivity contribution in [3.8, 4) is 0 Å². The molecule has 1 amide bonds. The first-order valence-electron chi connectivity index (χ1n) is 4.38. The van der Waals surface area contributed by atoms with Crippen LogP contribution >= 0.6 is 11.6 Å². The normalized spacial score (nSPS) is 30.0. The molecule has 0 aliphatic carbocycles. The van der Waals surface area contributed by atoms with Crippen LogP contribution in [0.15, 0.2) is 24.3 Å². The van der Waals surface area contributed by atoms with E-state index < -0.39 is 0 Å². The molecule has 1 saturated heterocycles. The van der Waals surface area contributed by atoms with Gasteiger partial charge in [0.2, 0.25) is 5.91 Å². The van der Waals surface area contributed by atoms with Gasteiger partial charge < -0.3 is 5.73 Å². The molecule has 0 saturated carbocycles. The Hall–Kier alpha value is -1.06. The first-order valence-corrected chi connectivity index (χ1v) is 4.76. The predicted octanol–water partition coefficient (Wildman–Crippen LogP) is 1.18. The molecule has 0 bridgehead atoms. The highest BCUT2D eigenvalue weighted by Crippen LogP contribution is 2.40. The topological polar surface area (TPSA) is 46.1 Å². The number of hydrogen-bond donors (Lipinski definition) is 1. The molecule has 74 valence electrons. The van der Waals surface area contributed by atoms with E-state index in [9.17, 15) is 4.79 Å². The summed E-state index contributed by atoms with van der Waals surface area (Å²) < 4.78 is 0. The monoisotopic (exact) mass is 210 g/mol. The van der Waals surface area contributed by atoms with E-state index in [0.717, 1.165) is 5.56 Å². The van der Waals surface area contributed by atoms with Crippen LogP contribution in [0.2, 0.25) is 5.02 Å². The standard InChI is InChI=1S/C10H11ClN2O/c1-13-8(9(13)10(12)14)6-2-4-7(11)5-3-6/h2-5,8-9H,1H3,(H2,12,14)/t8-,9+,13?/m0/s1. The fourth-order valence-corrected chi connectivity index (χ4v) is 1.90. The van der Waals surface area contributed by atoms with Gasteiger partial charge in [-0.25, -0.2) is 0 Å². The number of nitrogens with zero attached hydrogens (tertiary/aromatic N) is 1. The maximum atomic E-state index is 11.0. The number of hydrogen-bond acceptors (Lipinski definition) is 2. The predicted molar refractivity (Wildman–Crippen MR) is 54.9 cm³/mol. The summed E-state index contributed by atoms with van der Waals surface area (Å²) in [5.74, 6) is -0.271. The molecule has 1 heterocycles. The summed E-state index contributed by atoms with van der Waals surface area (Å²) in [6.07, 6.45) is 0. The zero-order valence-electron chi connectivity index (χ0n) is 7.77. The number of amides is 1. The van der Waals surface area contributed by atoms with Crippen molar-refractivity contribution in [3.63, 3.8) is 0 Å². The highest BCUT2D eigenvalue weighted by Gasteiger charge is 2.49. The third-order valence-electron chi connectivity index (χ3n) is 2.59. The van der Waals surface area contributed by atoms with Crippen LogP contribution in [0, 0.1) is 0 Å². The number of carbonyl (C=O) groups excluding carboxylic acids is 1. The molecular weight excluding hydrogens is 200 g/mol. The third-order valence-corrected chi connectivity index (χ3v) is 2.84. The maximum absolute atomic E-state index is 11.0. The van der Waals surface area contributed by atoms with Crippen molar-refractivity contribution in [1.29, 1.82) is 0 Å². The van der Waals surface area contributed by atoms with Crippen molar-refractivity contribution in [3.05, 3.63) is 34.9 Å². The molecule has 3 nitrogen and oxygen atoms in total. The smallest absolute Gasteiger partial charge is 0.236 e. The Bertz CT molecular complexity index is 363. The van der Waals surface area contributed by atoms with Crippen molar-refractivity contribution in [2.45, 2.75) is 12.1 Å². The molecule has 1 aromatic carbocycles. The third kappa shape index (κ3) is 1.49. The molecule has 3 atom stereocenters. The number of rotatable bonds is 2. The lowest BCUT2D eigenvalue weighted by Crippen LogP contribution is -2.20. The second kappa shape index (κ2) is 3.26. The SMILES string of the molecule is CN1[C@@H](C(N)=O)[C@@H]1c1ccc(Cl)cc1.